The lowest BCUT2D eigenvalue weighted by molar-refractivity contribution is -0.138. The van der Waals surface area contributed by atoms with Crippen molar-refractivity contribution in [2.24, 2.45) is 10.7 Å². The number of rotatable bonds is 5. The number of guanidine groups is 1. The maximum absolute atomic E-state index is 14.0. The molecular formula is C29H27F3N4O5. The lowest BCUT2D eigenvalue weighted by atomic mass is 9.85. The van der Waals surface area contributed by atoms with Crippen molar-refractivity contribution < 1.29 is 37.4 Å². The summed E-state index contributed by atoms with van der Waals surface area (Å²) < 4.78 is 47.1. The van der Waals surface area contributed by atoms with Crippen molar-refractivity contribution in [3.8, 4) is 5.75 Å². The number of phenolic OH excluding ortho intramolecular Hbond substituents is 1. The summed E-state index contributed by atoms with van der Waals surface area (Å²) in [6.45, 7) is 0.416. The highest BCUT2D eigenvalue weighted by atomic mass is 19.4. The summed E-state index contributed by atoms with van der Waals surface area (Å²) in [5, 5.41) is 11.5. The van der Waals surface area contributed by atoms with E-state index in [2.05, 4.69) is 10.3 Å². The van der Waals surface area contributed by atoms with Gasteiger partial charge in [-0.2, -0.15) is 13.2 Å². The smallest absolute Gasteiger partial charge is 0.437 e. The average Bonchev–Trinajstić information content (AvgIpc) is 2.96. The summed E-state index contributed by atoms with van der Waals surface area (Å²) in [4.78, 5) is 42.2. The van der Waals surface area contributed by atoms with Crippen LogP contribution in [0.1, 0.15) is 56.2 Å². The second kappa shape index (κ2) is 12.5. The molecule has 3 aromatic rings. The quantitative estimate of drug-likeness (QED) is 0.299. The molecule has 1 heterocycles. The molecule has 0 saturated carbocycles. The highest BCUT2D eigenvalue weighted by Crippen LogP contribution is 2.39. The summed E-state index contributed by atoms with van der Waals surface area (Å²) in [7, 11) is 0. The van der Waals surface area contributed by atoms with Gasteiger partial charge in [-0.05, 0) is 66.3 Å². The molecule has 0 aliphatic carbocycles. The maximum Gasteiger partial charge on any atom is 0.437 e. The SMILES string of the molecule is N/C(=N/C(=O)OCc1ccccc1)NC(=O)c1ccc(C2CCN(C(=O)c3ccc(O)cc3)CC2)c(C(F)(F)F)c1. The van der Waals surface area contributed by atoms with Crippen LogP contribution in [0.25, 0.3) is 0 Å². The molecule has 4 N–H and O–H groups in total. The zero-order valence-corrected chi connectivity index (χ0v) is 21.7. The average molecular weight is 569 g/mol. The molecule has 4 rings (SSSR count). The first kappa shape index (κ1) is 29.1. The fourth-order valence-electron chi connectivity index (χ4n) is 4.55. The fourth-order valence-corrected chi connectivity index (χ4v) is 4.55. The van der Waals surface area contributed by atoms with Crippen molar-refractivity contribution in [2.45, 2.75) is 31.5 Å². The molecule has 3 amide bonds. The normalized spacial score (nSPS) is 14.4. The number of nitrogens with one attached hydrogen (secondary N) is 1. The van der Waals surface area contributed by atoms with Crippen molar-refractivity contribution >= 4 is 23.9 Å². The molecule has 41 heavy (non-hydrogen) atoms. The minimum Gasteiger partial charge on any atom is -0.508 e. The van der Waals surface area contributed by atoms with E-state index in [0.29, 0.717) is 24.0 Å². The summed E-state index contributed by atoms with van der Waals surface area (Å²) in [5.41, 5.74) is 5.40. The van der Waals surface area contributed by atoms with Crippen molar-refractivity contribution in [2.75, 3.05) is 13.1 Å². The Labute approximate surface area is 233 Å². The van der Waals surface area contributed by atoms with Gasteiger partial charge in [0.05, 0.1) is 5.56 Å². The largest absolute Gasteiger partial charge is 0.508 e. The third kappa shape index (κ3) is 7.62. The number of amides is 3. The molecule has 1 fully saturated rings. The van der Waals surface area contributed by atoms with Crippen LogP contribution in [0.4, 0.5) is 18.0 Å². The molecule has 3 aromatic carbocycles. The van der Waals surface area contributed by atoms with Crippen LogP contribution in [0.2, 0.25) is 0 Å². The zero-order valence-electron chi connectivity index (χ0n) is 21.7. The van der Waals surface area contributed by atoms with E-state index in [1.165, 1.54) is 36.4 Å². The molecule has 1 saturated heterocycles. The van der Waals surface area contributed by atoms with Crippen LogP contribution in [0.3, 0.4) is 0 Å². The van der Waals surface area contributed by atoms with Crippen LogP contribution < -0.4 is 11.1 Å². The number of hydrogen-bond acceptors (Lipinski definition) is 5. The number of aromatic hydroxyl groups is 1. The number of halogens is 3. The van der Waals surface area contributed by atoms with E-state index in [1.807, 2.05) is 0 Å². The van der Waals surface area contributed by atoms with Gasteiger partial charge in [-0.3, -0.25) is 14.9 Å². The molecule has 12 heteroatoms. The van der Waals surface area contributed by atoms with Gasteiger partial charge >= 0.3 is 12.3 Å². The highest BCUT2D eigenvalue weighted by molar-refractivity contribution is 6.07. The van der Waals surface area contributed by atoms with Gasteiger partial charge in [0.25, 0.3) is 11.8 Å². The van der Waals surface area contributed by atoms with E-state index in [1.54, 1.807) is 35.2 Å². The molecule has 0 radical (unpaired) electrons. The van der Waals surface area contributed by atoms with Crippen LogP contribution in [0, 0.1) is 0 Å². The van der Waals surface area contributed by atoms with Crippen LogP contribution in [-0.4, -0.2) is 47.0 Å². The molecule has 0 unspecified atom stereocenters. The van der Waals surface area contributed by atoms with Gasteiger partial charge < -0.3 is 20.5 Å². The molecule has 214 valence electrons. The Hall–Kier alpha value is -4.87. The molecule has 9 nitrogen and oxygen atoms in total. The van der Waals surface area contributed by atoms with Crippen molar-refractivity contribution in [3.05, 3.63) is 101 Å². The van der Waals surface area contributed by atoms with E-state index in [9.17, 15) is 32.7 Å². The Kier molecular flexibility index (Phi) is 8.91. The number of phenols is 1. The number of hydrogen-bond donors (Lipinski definition) is 3. The summed E-state index contributed by atoms with van der Waals surface area (Å²) in [6, 6.07) is 17.7. The number of carbonyl (C=O) groups is 3. The van der Waals surface area contributed by atoms with Crippen LogP contribution >= 0.6 is 0 Å². The number of carbonyl (C=O) groups excluding carboxylic acids is 3. The number of ether oxygens (including phenoxy) is 1. The van der Waals surface area contributed by atoms with E-state index < -0.39 is 35.6 Å². The number of alkyl halides is 3. The highest BCUT2D eigenvalue weighted by Gasteiger charge is 2.37. The summed E-state index contributed by atoms with van der Waals surface area (Å²) in [6.07, 6.45) is -5.23. The zero-order chi connectivity index (χ0) is 29.6. The van der Waals surface area contributed by atoms with E-state index in [4.69, 9.17) is 10.5 Å². The first-order valence-electron chi connectivity index (χ1n) is 12.7. The van der Waals surface area contributed by atoms with Crippen molar-refractivity contribution in [1.82, 2.24) is 10.2 Å². The second-order valence-corrected chi connectivity index (χ2v) is 9.40. The first-order valence-corrected chi connectivity index (χ1v) is 12.7. The fraction of sp³-hybridized carbons (Fsp3) is 0.241. The van der Waals surface area contributed by atoms with E-state index >= 15 is 0 Å². The second-order valence-electron chi connectivity index (χ2n) is 9.40. The number of nitrogens with zero attached hydrogens (tertiary/aromatic N) is 2. The minimum absolute atomic E-state index is 0.0216. The van der Waals surface area contributed by atoms with Gasteiger partial charge in [0.15, 0.2) is 0 Å². The number of aliphatic imine (C=N–C) groups is 1. The van der Waals surface area contributed by atoms with Crippen molar-refractivity contribution in [3.63, 3.8) is 0 Å². The van der Waals surface area contributed by atoms with Gasteiger partial charge in [-0.25, -0.2) is 4.79 Å². The van der Waals surface area contributed by atoms with E-state index in [-0.39, 0.29) is 42.5 Å². The standard InChI is InChI=1S/C29H27F3N4O5/c30-29(31,32)24-16-21(25(38)34-27(33)35-28(40)41-17-18-4-2-1-3-5-18)8-11-23(24)19-12-14-36(15-13-19)26(39)20-6-9-22(37)10-7-20/h1-11,16,19,37H,12-15,17H2,(H3,33,34,35,38,40). The summed E-state index contributed by atoms with van der Waals surface area (Å²) >= 11 is 0. The number of piperidine rings is 1. The van der Waals surface area contributed by atoms with Gasteiger partial charge in [0.1, 0.15) is 12.4 Å². The van der Waals surface area contributed by atoms with Crippen LogP contribution in [-0.2, 0) is 17.5 Å². The first-order chi connectivity index (χ1) is 19.5. The lowest BCUT2D eigenvalue weighted by Gasteiger charge is -2.33. The van der Waals surface area contributed by atoms with Crippen LogP contribution in [0.15, 0.2) is 77.8 Å². The molecule has 1 aliphatic heterocycles. The topological polar surface area (TPSA) is 134 Å². The third-order valence-electron chi connectivity index (χ3n) is 6.62. The molecule has 0 spiro atoms. The van der Waals surface area contributed by atoms with Crippen LogP contribution in [0.5, 0.6) is 5.75 Å². The van der Waals surface area contributed by atoms with Gasteiger partial charge in [0.2, 0.25) is 5.96 Å². The lowest BCUT2D eigenvalue weighted by Crippen LogP contribution is -2.38. The summed E-state index contributed by atoms with van der Waals surface area (Å²) in [5.74, 6) is -2.34. The minimum atomic E-state index is -4.74. The predicted octanol–water partition coefficient (Wildman–Crippen LogP) is 4.81. The Bertz CT molecular complexity index is 1440. The van der Waals surface area contributed by atoms with Gasteiger partial charge in [-0.15, -0.1) is 4.99 Å². The molecule has 1 aliphatic rings. The number of likely N-dealkylation sites (tertiary alicyclic amines) is 1. The van der Waals surface area contributed by atoms with Gasteiger partial charge in [-0.1, -0.05) is 36.4 Å². The monoisotopic (exact) mass is 568 g/mol. The van der Waals surface area contributed by atoms with Gasteiger partial charge in [0, 0.05) is 24.2 Å². The Morgan fingerprint density at radius 1 is 0.976 bits per heavy atom. The molecule has 0 bridgehead atoms. The Balaban J connectivity index is 1.40. The molecule has 0 atom stereocenters. The number of benzene rings is 3. The van der Waals surface area contributed by atoms with E-state index in [0.717, 1.165) is 6.07 Å². The predicted molar refractivity (Wildman–Crippen MR) is 143 cm³/mol. The molecule has 0 aromatic heterocycles. The Morgan fingerprint density at radius 3 is 2.24 bits per heavy atom. The maximum atomic E-state index is 14.0. The number of nitrogens with two attached hydrogens (primary N) is 1. The van der Waals surface area contributed by atoms with Crippen molar-refractivity contribution in [1.29, 1.82) is 0 Å². The molecular weight excluding hydrogens is 541 g/mol. The third-order valence-corrected chi connectivity index (χ3v) is 6.62. The Morgan fingerprint density at radius 2 is 1.61 bits per heavy atom.